The Morgan fingerprint density at radius 3 is 2.50 bits per heavy atom. The van der Waals surface area contributed by atoms with Gasteiger partial charge in [-0.2, -0.15) is 0 Å². The highest BCUT2D eigenvalue weighted by Crippen LogP contribution is 2.23. The second-order valence-electron chi connectivity index (χ2n) is 3.91. The smallest absolute Gasteiger partial charge is 0.306 e. The van der Waals surface area contributed by atoms with Gasteiger partial charge in [0.1, 0.15) is 0 Å². The van der Waals surface area contributed by atoms with Gasteiger partial charge in [0.2, 0.25) is 10.0 Å². The van der Waals surface area contributed by atoms with Gasteiger partial charge in [-0.15, -0.1) is 0 Å². The van der Waals surface area contributed by atoms with E-state index in [1.807, 2.05) is 0 Å². The van der Waals surface area contributed by atoms with E-state index in [2.05, 4.69) is 9.46 Å². The van der Waals surface area contributed by atoms with E-state index in [0.717, 1.165) is 38.1 Å². The Labute approximate surface area is 96.6 Å². The molecule has 0 saturated heterocycles. The van der Waals surface area contributed by atoms with Gasteiger partial charge < -0.3 is 4.74 Å². The van der Waals surface area contributed by atoms with E-state index < -0.39 is 16.0 Å². The molecule has 0 atom stereocenters. The zero-order valence-corrected chi connectivity index (χ0v) is 10.3. The molecule has 0 heterocycles. The molecule has 93 valence electrons. The summed E-state index contributed by atoms with van der Waals surface area (Å²) in [5.74, 6) is -0.706. The van der Waals surface area contributed by atoms with Crippen LogP contribution in [0.15, 0.2) is 0 Å². The molecular weight excluding hydrogens is 230 g/mol. The maximum atomic E-state index is 11.6. The number of carbonyl (C=O) groups is 1. The van der Waals surface area contributed by atoms with E-state index in [-0.39, 0.29) is 12.2 Å². The second kappa shape index (κ2) is 6.20. The number of methoxy groups -OCH3 is 1. The van der Waals surface area contributed by atoms with Crippen molar-refractivity contribution in [2.75, 3.05) is 12.9 Å². The minimum Gasteiger partial charge on any atom is -0.469 e. The van der Waals surface area contributed by atoms with E-state index in [9.17, 15) is 13.2 Å². The molecule has 0 amide bonds. The van der Waals surface area contributed by atoms with Crippen molar-refractivity contribution in [1.82, 2.24) is 4.72 Å². The lowest BCUT2D eigenvalue weighted by Gasteiger charge is -2.21. The average Bonchev–Trinajstić information content (AvgIpc) is 2.27. The highest BCUT2D eigenvalue weighted by Gasteiger charge is 2.21. The van der Waals surface area contributed by atoms with Crippen molar-refractivity contribution in [1.29, 1.82) is 0 Å². The number of nitrogens with one attached hydrogen (secondary N) is 1. The van der Waals surface area contributed by atoms with Gasteiger partial charge in [0.15, 0.2) is 0 Å². The van der Waals surface area contributed by atoms with Crippen LogP contribution in [0.25, 0.3) is 0 Å². The van der Waals surface area contributed by atoms with Gasteiger partial charge in [0.25, 0.3) is 0 Å². The molecule has 0 aromatic heterocycles. The molecule has 1 N–H and O–H groups in total. The lowest BCUT2D eigenvalue weighted by atomic mass is 9.96. The Morgan fingerprint density at radius 1 is 1.31 bits per heavy atom. The van der Waals surface area contributed by atoms with Crippen molar-refractivity contribution >= 4 is 16.0 Å². The summed E-state index contributed by atoms with van der Waals surface area (Å²) in [7, 11) is -2.13. The minimum absolute atomic E-state index is 0.0981. The maximum absolute atomic E-state index is 11.6. The first kappa shape index (κ1) is 13.4. The molecule has 5 nitrogen and oxygen atoms in total. The number of esters is 1. The minimum atomic E-state index is -3.37. The molecule has 1 fully saturated rings. The SMILES string of the molecule is COC(=O)CCS(=O)(=O)N[C]1CCCCC1. The number of sulfonamides is 1. The Balaban J connectivity index is 2.35. The zero-order valence-electron chi connectivity index (χ0n) is 9.49. The van der Waals surface area contributed by atoms with Crippen LogP contribution in [0.5, 0.6) is 0 Å². The van der Waals surface area contributed by atoms with Crippen molar-refractivity contribution in [2.24, 2.45) is 0 Å². The standard InChI is InChI=1S/C10H18NO4S/c1-15-10(12)7-8-16(13,14)11-9-5-3-2-4-6-9/h11H,2-8H2,1H3. The molecule has 6 heteroatoms. The van der Waals surface area contributed by atoms with Crippen molar-refractivity contribution < 1.29 is 17.9 Å². The van der Waals surface area contributed by atoms with Gasteiger partial charge in [-0.1, -0.05) is 19.3 Å². The van der Waals surface area contributed by atoms with Gasteiger partial charge in [-0.05, 0) is 12.8 Å². The van der Waals surface area contributed by atoms with Gasteiger partial charge in [-0.25, -0.2) is 13.1 Å². The van der Waals surface area contributed by atoms with E-state index >= 15 is 0 Å². The number of hydrogen-bond acceptors (Lipinski definition) is 4. The first-order chi connectivity index (χ1) is 7.53. The summed E-state index contributed by atoms with van der Waals surface area (Å²) < 4.78 is 30.1. The molecule has 0 aliphatic heterocycles. The van der Waals surface area contributed by atoms with Crippen LogP contribution in [-0.2, 0) is 19.6 Å². The van der Waals surface area contributed by atoms with Crippen LogP contribution < -0.4 is 4.72 Å². The zero-order chi connectivity index (χ0) is 12.0. The third-order valence-electron chi connectivity index (χ3n) is 2.56. The third-order valence-corrected chi connectivity index (χ3v) is 3.90. The number of carbonyl (C=O) groups excluding carboxylic acids is 1. The van der Waals surface area contributed by atoms with Crippen molar-refractivity contribution in [3.8, 4) is 0 Å². The molecule has 0 unspecified atom stereocenters. The lowest BCUT2D eigenvalue weighted by molar-refractivity contribution is -0.140. The van der Waals surface area contributed by atoms with E-state index in [4.69, 9.17) is 0 Å². The molecule has 1 aliphatic carbocycles. The molecule has 0 spiro atoms. The number of hydrogen-bond donors (Lipinski definition) is 1. The Kier molecular flexibility index (Phi) is 5.21. The van der Waals surface area contributed by atoms with Crippen LogP contribution in [0.2, 0.25) is 0 Å². The van der Waals surface area contributed by atoms with Crippen LogP contribution in [-0.4, -0.2) is 27.2 Å². The summed E-state index contributed by atoms with van der Waals surface area (Å²) >= 11 is 0. The van der Waals surface area contributed by atoms with Crippen molar-refractivity contribution in [2.45, 2.75) is 38.5 Å². The Morgan fingerprint density at radius 2 is 1.94 bits per heavy atom. The summed E-state index contributed by atoms with van der Waals surface area (Å²) in [4.78, 5) is 10.8. The molecule has 1 rings (SSSR count). The van der Waals surface area contributed by atoms with Crippen molar-refractivity contribution in [3.05, 3.63) is 6.04 Å². The Bertz CT molecular complexity index is 320. The van der Waals surface area contributed by atoms with E-state index in [1.54, 1.807) is 0 Å². The predicted molar refractivity (Wildman–Crippen MR) is 59.9 cm³/mol. The second-order valence-corrected chi connectivity index (χ2v) is 5.75. The summed E-state index contributed by atoms with van der Waals surface area (Å²) in [5.41, 5.74) is 0. The molecule has 1 saturated carbocycles. The molecular formula is C10H18NO4S. The first-order valence-electron chi connectivity index (χ1n) is 5.45. The molecule has 0 aromatic carbocycles. The summed E-state index contributed by atoms with van der Waals surface area (Å²) in [6.07, 6.45) is 4.77. The third kappa shape index (κ3) is 4.94. The van der Waals surface area contributed by atoms with Gasteiger partial charge in [-0.3, -0.25) is 4.79 Å². The van der Waals surface area contributed by atoms with Gasteiger partial charge in [0, 0.05) is 0 Å². The average molecular weight is 248 g/mol. The van der Waals surface area contributed by atoms with Gasteiger partial charge in [0.05, 0.1) is 25.3 Å². The number of rotatable bonds is 5. The van der Waals surface area contributed by atoms with Crippen molar-refractivity contribution in [3.63, 3.8) is 0 Å². The Hall–Kier alpha value is -0.620. The largest absolute Gasteiger partial charge is 0.469 e. The maximum Gasteiger partial charge on any atom is 0.306 e. The highest BCUT2D eigenvalue weighted by molar-refractivity contribution is 7.89. The topological polar surface area (TPSA) is 72.5 Å². The van der Waals surface area contributed by atoms with Crippen LogP contribution in [0, 0.1) is 6.04 Å². The van der Waals surface area contributed by atoms with Gasteiger partial charge >= 0.3 is 5.97 Å². The summed E-state index contributed by atoms with van der Waals surface area (Å²) in [5, 5.41) is 0. The van der Waals surface area contributed by atoms with Crippen LogP contribution in [0.1, 0.15) is 38.5 Å². The fraction of sp³-hybridized carbons (Fsp3) is 0.800. The van der Waals surface area contributed by atoms with Crippen LogP contribution >= 0.6 is 0 Å². The molecule has 16 heavy (non-hydrogen) atoms. The van der Waals surface area contributed by atoms with E-state index in [1.165, 1.54) is 7.11 Å². The quantitative estimate of drug-likeness (QED) is 0.736. The summed E-state index contributed by atoms with van der Waals surface area (Å²) in [6, 6.07) is 0.871. The molecule has 1 radical (unpaired) electrons. The monoisotopic (exact) mass is 248 g/mol. The summed E-state index contributed by atoms with van der Waals surface area (Å²) in [6.45, 7) is 0. The molecule has 0 bridgehead atoms. The van der Waals surface area contributed by atoms with Crippen LogP contribution in [0.3, 0.4) is 0 Å². The number of ether oxygens (including phenoxy) is 1. The molecule has 1 aliphatic rings. The first-order valence-corrected chi connectivity index (χ1v) is 7.11. The lowest BCUT2D eigenvalue weighted by Crippen LogP contribution is -2.32. The predicted octanol–water partition coefficient (Wildman–Crippen LogP) is 0.965. The fourth-order valence-corrected chi connectivity index (χ4v) is 2.85. The van der Waals surface area contributed by atoms with E-state index in [0.29, 0.717) is 0 Å². The normalized spacial score (nSPS) is 18.3. The molecule has 0 aromatic rings. The highest BCUT2D eigenvalue weighted by atomic mass is 32.2. The van der Waals surface area contributed by atoms with Crippen LogP contribution in [0.4, 0.5) is 0 Å². The fourth-order valence-electron chi connectivity index (χ4n) is 1.67.